The predicted octanol–water partition coefficient (Wildman–Crippen LogP) is 2.56. The van der Waals surface area contributed by atoms with Crippen LogP contribution in [-0.4, -0.2) is 96.0 Å². The number of nitrogens with one attached hydrogen (secondary N) is 2. The minimum Gasteiger partial charge on any atom is -0.494 e. The Morgan fingerprint density at radius 1 is 1.09 bits per heavy atom. The molecule has 2 aromatic carbocycles. The van der Waals surface area contributed by atoms with E-state index in [2.05, 4.69) is 15.6 Å². The van der Waals surface area contributed by atoms with E-state index in [1.165, 1.54) is 55.3 Å². The van der Waals surface area contributed by atoms with Crippen molar-refractivity contribution in [3.8, 4) is 17.0 Å². The number of likely N-dealkylation sites (N-methyl/N-ethyl adjacent to an activating group) is 1. The molecule has 0 unspecified atom stereocenters. The fraction of sp³-hybridized carbons (Fsp3) is 0.367. The lowest BCUT2D eigenvalue weighted by molar-refractivity contribution is -0.874. The van der Waals surface area contributed by atoms with Crippen LogP contribution in [-0.2, 0) is 16.6 Å². The van der Waals surface area contributed by atoms with Crippen molar-refractivity contribution in [1.82, 2.24) is 19.8 Å². The van der Waals surface area contributed by atoms with E-state index in [9.17, 15) is 28.0 Å². The van der Waals surface area contributed by atoms with Gasteiger partial charge in [0.1, 0.15) is 0 Å². The van der Waals surface area contributed by atoms with Crippen LogP contribution >= 0.6 is 11.6 Å². The third kappa shape index (κ3) is 7.75. The fourth-order valence-electron chi connectivity index (χ4n) is 5.25. The molecule has 0 spiro atoms. The number of hydrogen-bond acceptors (Lipinski definition) is 6. The maximum atomic E-state index is 14.6. The van der Waals surface area contributed by atoms with Gasteiger partial charge in [-0.1, -0.05) is 11.6 Å². The smallest absolute Gasteiger partial charge is 0.291 e. The minimum absolute atomic E-state index is 0.0433. The molecule has 1 aliphatic rings. The van der Waals surface area contributed by atoms with Crippen molar-refractivity contribution < 1.29 is 37.2 Å². The molecule has 0 saturated carbocycles. The Kier molecular flexibility index (Phi) is 10.1. The van der Waals surface area contributed by atoms with Crippen molar-refractivity contribution in [3.05, 3.63) is 64.6 Å². The van der Waals surface area contributed by atoms with Crippen LogP contribution in [0.3, 0.4) is 0 Å². The molecule has 0 bridgehead atoms. The van der Waals surface area contributed by atoms with Crippen molar-refractivity contribution in [2.24, 2.45) is 12.8 Å². The lowest BCUT2D eigenvalue weighted by Gasteiger charge is -2.33. The second kappa shape index (κ2) is 13.6. The molecule has 4 amide bonds. The second-order valence-electron chi connectivity index (χ2n) is 11.5. The quantitative estimate of drug-likeness (QED) is 0.289. The fourth-order valence-corrected chi connectivity index (χ4v) is 5.51. The summed E-state index contributed by atoms with van der Waals surface area (Å²) in [5.74, 6) is -4.21. The summed E-state index contributed by atoms with van der Waals surface area (Å²) in [7, 11) is 6.21. The van der Waals surface area contributed by atoms with Crippen LogP contribution < -0.4 is 21.1 Å². The number of quaternary nitrogens is 1. The van der Waals surface area contributed by atoms with E-state index >= 15 is 0 Å². The first kappa shape index (κ1) is 33.3. The molecule has 12 nitrogen and oxygen atoms in total. The highest BCUT2D eigenvalue weighted by Gasteiger charge is 2.29. The number of primary amides is 1. The van der Waals surface area contributed by atoms with E-state index in [1.807, 2.05) is 0 Å². The molecule has 2 heterocycles. The Balaban J connectivity index is 1.35. The SMILES string of the molecule is COc1ccc(-c2cnc(C(=O)Nc3ccc(C(=O)N4CCC(NC(=O)C[N+](C)(C)CC(N)=O)CC4)c(Cl)c3)n2C)c(F)c1F. The summed E-state index contributed by atoms with van der Waals surface area (Å²) in [5.41, 5.74) is 5.88. The lowest BCUT2D eigenvalue weighted by Crippen LogP contribution is -2.54. The number of anilines is 1. The molecule has 1 saturated heterocycles. The average Bonchev–Trinajstić information content (AvgIpc) is 3.34. The van der Waals surface area contributed by atoms with Crippen LogP contribution in [0.2, 0.25) is 5.02 Å². The summed E-state index contributed by atoms with van der Waals surface area (Å²) in [6.07, 6.45) is 2.35. The average molecular weight is 647 g/mol. The maximum Gasteiger partial charge on any atom is 0.291 e. The number of ether oxygens (including phenoxy) is 1. The van der Waals surface area contributed by atoms with Crippen LogP contribution in [0.4, 0.5) is 14.5 Å². The summed E-state index contributed by atoms with van der Waals surface area (Å²) in [4.78, 5) is 55.6. The van der Waals surface area contributed by atoms with Gasteiger partial charge in [0.25, 0.3) is 23.6 Å². The summed E-state index contributed by atoms with van der Waals surface area (Å²) in [5, 5.41) is 5.75. The molecule has 0 atom stereocenters. The van der Waals surface area contributed by atoms with Gasteiger partial charge in [0.05, 0.1) is 43.7 Å². The van der Waals surface area contributed by atoms with Crippen LogP contribution in [0, 0.1) is 11.6 Å². The van der Waals surface area contributed by atoms with E-state index in [0.29, 0.717) is 31.6 Å². The number of benzene rings is 2. The molecule has 0 aliphatic carbocycles. The van der Waals surface area contributed by atoms with Gasteiger partial charge in [-0.25, -0.2) is 9.37 Å². The van der Waals surface area contributed by atoms with E-state index in [-0.39, 0.29) is 68.8 Å². The number of imidazole rings is 1. The highest BCUT2D eigenvalue weighted by Crippen LogP contribution is 2.30. The molecule has 45 heavy (non-hydrogen) atoms. The van der Waals surface area contributed by atoms with Gasteiger partial charge in [0, 0.05) is 37.4 Å². The molecule has 4 N–H and O–H groups in total. The third-order valence-electron chi connectivity index (χ3n) is 7.49. The lowest BCUT2D eigenvalue weighted by atomic mass is 10.0. The molecule has 240 valence electrons. The number of piperidine rings is 1. The summed E-state index contributed by atoms with van der Waals surface area (Å²) in [6, 6.07) is 6.97. The normalized spacial score (nSPS) is 13.8. The second-order valence-corrected chi connectivity index (χ2v) is 11.9. The molecule has 3 aromatic rings. The predicted molar refractivity (Wildman–Crippen MR) is 163 cm³/mol. The Morgan fingerprint density at radius 2 is 1.78 bits per heavy atom. The van der Waals surface area contributed by atoms with Crippen LogP contribution in [0.5, 0.6) is 5.75 Å². The number of nitrogens with zero attached hydrogens (tertiary/aromatic N) is 4. The number of amides is 4. The Morgan fingerprint density at radius 3 is 2.40 bits per heavy atom. The number of rotatable bonds is 10. The van der Waals surface area contributed by atoms with Gasteiger partial charge in [0.2, 0.25) is 5.82 Å². The zero-order valence-electron chi connectivity index (χ0n) is 25.3. The number of carbonyl (C=O) groups is 4. The molecule has 1 fully saturated rings. The highest BCUT2D eigenvalue weighted by molar-refractivity contribution is 6.34. The molecule has 1 aromatic heterocycles. The number of carbonyl (C=O) groups excluding carboxylic acids is 4. The third-order valence-corrected chi connectivity index (χ3v) is 7.81. The number of hydrogen-bond donors (Lipinski definition) is 3. The maximum absolute atomic E-state index is 14.6. The molecule has 1 aliphatic heterocycles. The Hall–Kier alpha value is -4.56. The van der Waals surface area contributed by atoms with Gasteiger partial charge >= 0.3 is 0 Å². The van der Waals surface area contributed by atoms with E-state index in [1.54, 1.807) is 19.0 Å². The Labute approximate surface area is 263 Å². The van der Waals surface area contributed by atoms with Gasteiger partial charge in [-0.2, -0.15) is 4.39 Å². The largest absolute Gasteiger partial charge is 0.494 e. The summed E-state index contributed by atoms with van der Waals surface area (Å²) >= 11 is 6.44. The van der Waals surface area contributed by atoms with Crippen molar-refractivity contribution in [2.45, 2.75) is 18.9 Å². The van der Waals surface area contributed by atoms with Crippen molar-refractivity contribution >= 4 is 40.9 Å². The van der Waals surface area contributed by atoms with Gasteiger partial charge in [-0.3, -0.25) is 19.2 Å². The topological polar surface area (TPSA) is 149 Å². The number of methoxy groups -OCH3 is 1. The molecular formula is C30H35ClF2N7O5+. The van der Waals surface area contributed by atoms with Gasteiger partial charge in [-0.15, -0.1) is 0 Å². The number of nitrogens with two attached hydrogens (primary N) is 1. The zero-order valence-corrected chi connectivity index (χ0v) is 26.1. The first-order valence-corrected chi connectivity index (χ1v) is 14.4. The highest BCUT2D eigenvalue weighted by atomic mass is 35.5. The van der Waals surface area contributed by atoms with E-state index < -0.39 is 23.4 Å². The van der Waals surface area contributed by atoms with Crippen LogP contribution in [0.1, 0.15) is 33.8 Å². The van der Waals surface area contributed by atoms with Gasteiger partial charge < -0.3 is 35.1 Å². The summed E-state index contributed by atoms with van der Waals surface area (Å²) in [6.45, 7) is 0.946. The number of aromatic nitrogens is 2. The molecule has 4 rings (SSSR count). The first-order chi connectivity index (χ1) is 21.2. The van der Waals surface area contributed by atoms with E-state index in [0.717, 1.165) is 0 Å². The summed E-state index contributed by atoms with van der Waals surface area (Å²) < 4.78 is 35.2. The molecule has 15 heteroatoms. The van der Waals surface area contributed by atoms with Crippen molar-refractivity contribution in [2.75, 3.05) is 52.7 Å². The zero-order chi connectivity index (χ0) is 33.1. The van der Waals surface area contributed by atoms with Crippen LogP contribution in [0.25, 0.3) is 11.3 Å². The molecule has 0 radical (unpaired) electrons. The number of halogens is 3. The Bertz CT molecular complexity index is 1640. The number of likely N-dealkylation sites (tertiary alicyclic amines) is 1. The van der Waals surface area contributed by atoms with E-state index in [4.69, 9.17) is 22.1 Å². The van der Waals surface area contributed by atoms with Gasteiger partial charge in [-0.05, 0) is 43.2 Å². The molecular weight excluding hydrogens is 612 g/mol. The van der Waals surface area contributed by atoms with Crippen molar-refractivity contribution in [1.29, 1.82) is 0 Å². The monoisotopic (exact) mass is 646 g/mol. The van der Waals surface area contributed by atoms with Crippen LogP contribution in [0.15, 0.2) is 36.5 Å². The van der Waals surface area contributed by atoms with Crippen molar-refractivity contribution in [3.63, 3.8) is 0 Å². The standard InChI is InChI=1S/C30H34ClF2N7O5/c1-38-22(20-7-8-23(45-4)27(33)26(20)32)14-35-28(38)29(43)37-18-5-6-19(21(31)13-18)30(44)39-11-9-17(10-12-39)36-25(42)16-40(2,3)15-24(34)41/h5-8,13-14,17H,9-12,15-16H2,1-4H3,(H3-,34,36,37,41,42,43,44)/p+1. The first-order valence-electron chi connectivity index (χ1n) is 14.0. The van der Waals surface area contributed by atoms with Gasteiger partial charge in [0.15, 0.2) is 30.5 Å². The minimum atomic E-state index is -1.15.